The number of aromatic nitrogens is 4. The van der Waals surface area contributed by atoms with E-state index in [0.29, 0.717) is 11.3 Å². The average molecular weight is 470 g/mol. The van der Waals surface area contributed by atoms with Gasteiger partial charge in [0.05, 0.1) is 22.1 Å². The highest BCUT2D eigenvalue weighted by molar-refractivity contribution is 5.98. The van der Waals surface area contributed by atoms with Crippen LogP contribution >= 0.6 is 0 Å². The summed E-state index contributed by atoms with van der Waals surface area (Å²) in [5.74, 6) is 1.62. The van der Waals surface area contributed by atoms with Gasteiger partial charge >= 0.3 is 0 Å². The van der Waals surface area contributed by atoms with Crippen molar-refractivity contribution in [2.45, 2.75) is 0 Å². The van der Waals surface area contributed by atoms with Crippen molar-refractivity contribution in [3.8, 4) is 33.9 Å². The molecule has 7 N–H and O–H groups in total. The van der Waals surface area contributed by atoms with Gasteiger partial charge in [0.25, 0.3) is 0 Å². The van der Waals surface area contributed by atoms with Crippen LogP contribution in [0.1, 0.15) is 11.1 Å². The summed E-state index contributed by atoms with van der Waals surface area (Å²) in [5.41, 5.74) is 21.2. The van der Waals surface area contributed by atoms with Crippen LogP contribution in [0.2, 0.25) is 0 Å². The van der Waals surface area contributed by atoms with Crippen LogP contribution in [0.15, 0.2) is 91.5 Å². The van der Waals surface area contributed by atoms with Gasteiger partial charge in [-0.1, -0.05) is 61.2 Å². The lowest BCUT2D eigenvalue weighted by Crippen LogP contribution is -2.10. The van der Waals surface area contributed by atoms with Crippen LogP contribution in [-0.4, -0.2) is 25.8 Å². The van der Waals surface area contributed by atoms with Gasteiger partial charge in [-0.2, -0.15) is 0 Å². The van der Waals surface area contributed by atoms with Gasteiger partial charge in [-0.3, -0.25) is 5.41 Å². The fourth-order valence-corrected chi connectivity index (χ4v) is 4.30. The van der Waals surface area contributed by atoms with Gasteiger partial charge in [0.2, 0.25) is 0 Å². The predicted molar refractivity (Wildman–Crippen MR) is 146 cm³/mol. The number of amidine groups is 1. The SMILES string of the molecule is C=C(N)c1ccc2nc(-c3ccc(-c4ccc(-c5nc6ccc(C(=N)N)cc6[nH]5)cc4)cc3)[nH]c2c1. The molecule has 2 heterocycles. The number of hydrogen-bond acceptors (Lipinski definition) is 4. The summed E-state index contributed by atoms with van der Waals surface area (Å²) in [4.78, 5) is 16.1. The molecule has 7 heteroatoms. The first-order valence-corrected chi connectivity index (χ1v) is 11.4. The van der Waals surface area contributed by atoms with E-state index in [1.54, 1.807) is 0 Å². The predicted octanol–water partition coefficient (Wildman–Crippen LogP) is 5.65. The fourth-order valence-electron chi connectivity index (χ4n) is 4.30. The Labute approximate surface area is 207 Å². The van der Waals surface area contributed by atoms with Crippen molar-refractivity contribution in [1.82, 2.24) is 19.9 Å². The van der Waals surface area contributed by atoms with Crippen LogP contribution < -0.4 is 11.5 Å². The lowest BCUT2D eigenvalue weighted by Gasteiger charge is -2.04. The minimum atomic E-state index is 0.0377. The van der Waals surface area contributed by atoms with E-state index >= 15 is 0 Å². The molecule has 36 heavy (non-hydrogen) atoms. The molecule has 0 spiro atoms. The summed E-state index contributed by atoms with van der Waals surface area (Å²) in [6, 6.07) is 28.0. The largest absolute Gasteiger partial charge is 0.399 e. The van der Waals surface area contributed by atoms with Crippen LogP contribution in [0, 0.1) is 5.41 Å². The molecule has 0 atom stereocenters. The molecule has 0 aliphatic carbocycles. The third kappa shape index (κ3) is 3.78. The van der Waals surface area contributed by atoms with Crippen LogP contribution in [0.5, 0.6) is 0 Å². The maximum absolute atomic E-state index is 7.63. The van der Waals surface area contributed by atoms with E-state index < -0.39 is 0 Å². The molecule has 174 valence electrons. The van der Waals surface area contributed by atoms with Crippen LogP contribution in [-0.2, 0) is 0 Å². The molecule has 0 fully saturated rings. The van der Waals surface area contributed by atoms with Crippen molar-refractivity contribution >= 4 is 33.6 Å². The van der Waals surface area contributed by atoms with Crippen LogP contribution in [0.3, 0.4) is 0 Å². The summed E-state index contributed by atoms with van der Waals surface area (Å²) in [6.45, 7) is 3.80. The Morgan fingerprint density at radius 2 is 1.03 bits per heavy atom. The molecule has 4 aromatic carbocycles. The topological polar surface area (TPSA) is 133 Å². The van der Waals surface area contributed by atoms with E-state index in [1.807, 2.05) is 36.4 Å². The second kappa shape index (κ2) is 8.25. The van der Waals surface area contributed by atoms with Crippen molar-refractivity contribution in [2.75, 3.05) is 0 Å². The molecule has 6 aromatic rings. The first-order chi connectivity index (χ1) is 17.4. The Bertz CT molecular complexity index is 1640. The highest BCUT2D eigenvalue weighted by Crippen LogP contribution is 2.28. The normalized spacial score (nSPS) is 11.2. The van der Waals surface area contributed by atoms with Crippen molar-refractivity contribution < 1.29 is 0 Å². The molecule has 6 rings (SSSR count). The van der Waals surface area contributed by atoms with Crippen molar-refractivity contribution in [1.29, 1.82) is 5.41 Å². The van der Waals surface area contributed by atoms with Crippen LogP contribution in [0.25, 0.3) is 61.7 Å². The molecular formula is C29H23N7. The lowest BCUT2D eigenvalue weighted by atomic mass is 10.0. The Hall–Kier alpha value is -5.17. The number of rotatable bonds is 5. The average Bonchev–Trinajstić information content (AvgIpc) is 3.52. The second-order valence-corrected chi connectivity index (χ2v) is 8.73. The lowest BCUT2D eigenvalue weighted by molar-refractivity contribution is 1.33. The van der Waals surface area contributed by atoms with E-state index in [-0.39, 0.29) is 5.84 Å². The minimum absolute atomic E-state index is 0.0377. The molecule has 0 aliphatic rings. The number of H-pyrrole nitrogens is 2. The fraction of sp³-hybridized carbons (Fsp3) is 0. The molecule has 0 saturated heterocycles. The van der Waals surface area contributed by atoms with E-state index in [4.69, 9.17) is 21.9 Å². The molecule has 0 amide bonds. The number of hydrogen-bond donors (Lipinski definition) is 5. The highest BCUT2D eigenvalue weighted by atomic mass is 14.9. The molecule has 0 radical (unpaired) electrons. The summed E-state index contributed by atoms with van der Waals surface area (Å²) in [7, 11) is 0. The Morgan fingerprint density at radius 3 is 1.47 bits per heavy atom. The number of nitrogens with one attached hydrogen (secondary N) is 3. The highest BCUT2D eigenvalue weighted by Gasteiger charge is 2.09. The number of nitrogens with two attached hydrogens (primary N) is 2. The molecule has 2 aromatic heterocycles. The van der Waals surface area contributed by atoms with Gasteiger partial charge < -0.3 is 21.4 Å². The minimum Gasteiger partial charge on any atom is -0.399 e. The molecule has 0 aliphatic heterocycles. The third-order valence-electron chi connectivity index (χ3n) is 6.30. The Morgan fingerprint density at radius 1 is 0.611 bits per heavy atom. The first kappa shape index (κ1) is 21.4. The van der Waals surface area contributed by atoms with Gasteiger partial charge in [0, 0.05) is 22.4 Å². The third-order valence-corrected chi connectivity index (χ3v) is 6.30. The van der Waals surface area contributed by atoms with Gasteiger partial charge in [0.1, 0.15) is 17.5 Å². The van der Waals surface area contributed by atoms with Gasteiger partial charge in [-0.15, -0.1) is 0 Å². The number of nitrogens with zero attached hydrogens (tertiary/aromatic N) is 2. The number of aromatic amines is 2. The van der Waals surface area contributed by atoms with E-state index in [1.165, 1.54) is 0 Å². The van der Waals surface area contributed by atoms with Crippen LogP contribution in [0.4, 0.5) is 0 Å². The molecule has 7 nitrogen and oxygen atoms in total. The zero-order valence-electron chi connectivity index (χ0n) is 19.3. The number of fused-ring (bicyclic) bond motifs is 2. The molecule has 0 unspecified atom stereocenters. The number of imidazole rings is 2. The zero-order chi connectivity index (χ0) is 24.8. The van der Waals surface area contributed by atoms with Gasteiger partial charge in [-0.25, -0.2) is 9.97 Å². The standard InChI is InChI=1S/C29H23N7/c1-16(30)21-10-12-23-25(14-21)35-28(33-23)19-6-2-17(3-7-19)18-4-8-20(9-5-18)29-34-24-13-11-22(27(31)32)15-26(24)36-29/h2-15H,1,30H2,(H3,31,32)(H,33,35)(H,34,36). The Balaban J connectivity index is 1.25. The number of nitrogen functional groups attached to an aromatic ring is 1. The second-order valence-electron chi connectivity index (χ2n) is 8.73. The summed E-state index contributed by atoms with van der Waals surface area (Å²) in [5, 5.41) is 7.63. The monoisotopic (exact) mass is 469 g/mol. The Kier molecular flexibility index (Phi) is 4.90. The van der Waals surface area contributed by atoms with Crippen molar-refractivity contribution in [3.05, 3.63) is 103 Å². The molecular weight excluding hydrogens is 446 g/mol. The summed E-state index contributed by atoms with van der Waals surface area (Å²) in [6.07, 6.45) is 0. The number of benzene rings is 4. The van der Waals surface area contributed by atoms with Gasteiger partial charge in [-0.05, 0) is 47.0 Å². The zero-order valence-corrected chi connectivity index (χ0v) is 19.3. The maximum atomic E-state index is 7.63. The van der Waals surface area contributed by atoms with Crippen molar-refractivity contribution in [3.63, 3.8) is 0 Å². The van der Waals surface area contributed by atoms with Gasteiger partial charge in [0.15, 0.2) is 0 Å². The van der Waals surface area contributed by atoms with Crippen molar-refractivity contribution in [2.24, 2.45) is 11.5 Å². The summed E-state index contributed by atoms with van der Waals surface area (Å²) >= 11 is 0. The smallest absolute Gasteiger partial charge is 0.138 e. The quantitative estimate of drug-likeness (QED) is 0.165. The van der Waals surface area contributed by atoms with E-state index in [0.717, 1.165) is 61.5 Å². The maximum Gasteiger partial charge on any atom is 0.138 e. The van der Waals surface area contributed by atoms with E-state index in [9.17, 15) is 0 Å². The summed E-state index contributed by atoms with van der Waals surface area (Å²) < 4.78 is 0. The first-order valence-electron chi connectivity index (χ1n) is 11.4. The van der Waals surface area contributed by atoms with E-state index in [2.05, 4.69) is 70.1 Å². The molecule has 0 bridgehead atoms. The molecule has 0 saturated carbocycles.